The molecule has 0 aromatic heterocycles. The molecular weight excluding hydrogens is 107 g/mol. The van der Waals surface area contributed by atoms with E-state index < -0.39 is 18.4 Å². The molecule has 0 saturated heterocycles. The maximum Gasteiger partial charge on any atom is 1.00 e. The molecule has 0 aliphatic rings. The number of aliphatic carboxylic acids is 1. The van der Waals surface area contributed by atoms with Gasteiger partial charge in [-0.05, 0) is 0 Å². The summed E-state index contributed by atoms with van der Waals surface area (Å²) in [5, 5.41) is 17.0. The van der Waals surface area contributed by atoms with Gasteiger partial charge in [-0.1, -0.05) is 6.61 Å². The van der Waals surface area contributed by atoms with Gasteiger partial charge in [-0.25, -0.2) is 4.79 Å². The van der Waals surface area contributed by atoms with Gasteiger partial charge in [0.15, 0.2) is 0 Å². The predicted octanol–water partition coefficient (Wildman–Crippen LogP) is -5.00. The molecule has 0 aliphatic carbocycles. The van der Waals surface area contributed by atoms with Crippen LogP contribution in [0.5, 0.6) is 0 Å². The molecule has 0 saturated carbocycles. The summed E-state index contributed by atoms with van der Waals surface area (Å²) in [4.78, 5) is 19.0. The van der Waals surface area contributed by atoms with E-state index in [1.165, 1.54) is 0 Å². The zero-order valence-electron chi connectivity index (χ0n) is 4.38. The van der Waals surface area contributed by atoms with Gasteiger partial charge in [0.1, 0.15) is 0 Å². The Morgan fingerprint density at radius 1 is 1.50 bits per heavy atom. The van der Waals surface area contributed by atoms with Crippen LogP contribution < -0.4 is 24.0 Å². The number of carboxylic acid groups (broad SMARTS) is 1. The van der Waals surface area contributed by atoms with Crippen molar-refractivity contribution in [1.29, 1.82) is 0 Å². The Kier molecular flexibility index (Phi) is 6.44. The molecule has 8 heavy (non-hydrogen) atoms. The molecule has 0 radical (unpaired) electrons. The number of hydrogen-bond acceptors (Lipinski definition) is 3. The molecule has 0 unspecified atom stereocenters. The van der Waals surface area contributed by atoms with Crippen molar-refractivity contribution in [1.82, 2.24) is 0 Å². The first-order chi connectivity index (χ1) is 3.18. The number of ketones is 1. The minimum Gasteiger partial charge on any atom is -0.849 e. The van der Waals surface area contributed by atoms with Crippen LogP contribution in [-0.2, 0) is 9.59 Å². The first-order valence-corrected chi connectivity index (χ1v) is 1.52. The van der Waals surface area contributed by atoms with Crippen molar-refractivity contribution in [2.24, 2.45) is 0 Å². The predicted molar refractivity (Wildman–Crippen MR) is 17.5 cm³/mol. The monoisotopic (exact) mass is 110 g/mol. The van der Waals surface area contributed by atoms with E-state index in [1.807, 2.05) is 0 Å². The number of carbonyl (C=O) groups is 2. The normalized spacial score (nSPS) is 7.12. The summed E-state index contributed by atoms with van der Waals surface area (Å²) in [6.45, 7) is -1.17. The fourth-order valence-corrected chi connectivity index (χ4v) is 0.0617. The smallest absolute Gasteiger partial charge is 0.849 e. The van der Waals surface area contributed by atoms with Gasteiger partial charge in [0.05, 0.1) is 0 Å². The maximum atomic E-state index is 9.60. The van der Waals surface area contributed by atoms with Crippen LogP contribution in [0.4, 0.5) is 0 Å². The summed E-state index contributed by atoms with van der Waals surface area (Å²) in [6, 6.07) is 0. The second-order valence-electron chi connectivity index (χ2n) is 0.873. The molecule has 4 nitrogen and oxygen atoms in total. The Hall–Kier alpha value is -0.303. The zero-order chi connectivity index (χ0) is 5.86. The van der Waals surface area contributed by atoms with Crippen LogP contribution in [-0.4, -0.2) is 23.5 Å². The van der Waals surface area contributed by atoms with E-state index in [4.69, 9.17) is 5.11 Å². The molecule has 0 fully saturated rings. The fraction of sp³-hybridized carbons (Fsp3) is 0.333. The van der Waals surface area contributed by atoms with Gasteiger partial charge in [-0.2, -0.15) is 0 Å². The Labute approximate surface area is 57.7 Å². The Morgan fingerprint density at radius 2 is 1.88 bits per heavy atom. The molecule has 5 heteroatoms. The van der Waals surface area contributed by atoms with Crippen LogP contribution in [0.25, 0.3) is 0 Å². The van der Waals surface area contributed by atoms with Gasteiger partial charge >= 0.3 is 24.8 Å². The third kappa shape index (κ3) is 3.87. The van der Waals surface area contributed by atoms with E-state index in [0.29, 0.717) is 0 Å². The van der Waals surface area contributed by atoms with E-state index in [9.17, 15) is 14.7 Å². The zero-order valence-corrected chi connectivity index (χ0v) is 4.38. The van der Waals surface area contributed by atoms with Gasteiger partial charge in [-0.15, -0.1) is 0 Å². The van der Waals surface area contributed by atoms with Crippen molar-refractivity contribution in [2.75, 3.05) is 6.61 Å². The van der Waals surface area contributed by atoms with Crippen molar-refractivity contribution in [3.05, 3.63) is 0 Å². The Balaban J connectivity index is 0. The van der Waals surface area contributed by atoms with Crippen molar-refractivity contribution in [2.45, 2.75) is 0 Å². The van der Waals surface area contributed by atoms with Gasteiger partial charge in [0.2, 0.25) is 5.78 Å². The van der Waals surface area contributed by atoms with Crippen molar-refractivity contribution in [3.63, 3.8) is 0 Å². The van der Waals surface area contributed by atoms with Gasteiger partial charge < -0.3 is 10.2 Å². The summed E-state index contributed by atoms with van der Waals surface area (Å²) in [7, 11) is 0. The molecule has 0 aromatic rings. The largest absolute Gasteiger partial charge is 1.00 e. The average molecular weight is 110 g/mol. The van der Waals surface area contributed by atoms with Crippen molar-refractivity contribution in [3.8, 4) is 0 Å². The number of rotatable bonds is 2. The molecule has 0 spiro atoms. The topological polar surface area (TPSA) is 77.4 Å². The molecule has 40 valence electrons. The number of hydrogen-bond donors (Lipinski definition) is 1. The van der Waals surface area contributed by atoms with E-state index in [0.717, 1.165) is 0 Å². The van der Waals surface area contributed by atoms with Crippen LogP contribution in [0.3, 0.4) is 0 Å². The van der Waals surface area contributed by atoms with Gasteiger partial charge in [-0.3, -0.25) is 4.79 Å². The van der Waals surface area contributed by atoms with Gasteiger partial charge in [0, 0.05) is 0 Å². The van der Waals surface area contributed by atoms with E-state index in [2.05, 4.69) is 0 Å². The fourth-order valence-electron chi connectivity index (χ4n) is 0.0617. The van der Waals surface area contributed by atoms with E-state index in [1.54, 1.807) is 0 Å². The molecule has 0 bridgehead atoms. The van der Waals surface area contributed by atoms with E-state index in [-0.39, 0.29) is 18.9 Å². The SMILES string of the molecule is O=C(O)C(=O)C[O-].[Li+]. The van der Waals surface area contributed by atoms with E-state index >= 15 is 0 Å². The Bertz CT molecular complexity index is 99.5. The standard InChI is InChI=1S/C3H3O4.Li/c4-1-2(5)3(6)7;/h1H2,(H,6,7);/q-1;+1. The summed E-state index contributed by atoms with van der Waals surface area (Å²) < 4.78 is 0. The summed E-state index contributed by atoms with van der Waals surface area (Å²) in [5.74, 6) is -2.95. The first kappa shape index (κ1) is 10.6. The summed E-state index contributed by atoms with van der Waals surface area (Å²) >= 11 is 0. The average Bonchev–Trinajstić information content (AvgIpc) is 1.65. The molecular formula is C3H3LiO4. The quantitative estimate of drug-likeness (QED) is 0.285. The minimum atomic E-state index is -1.66. The molecule has 0 aliphatic heterocycles. The first-order valence-electron chi connectivity index (χ1n) is 1.52. The van der Waals surface area contributed by atoms with Crippen LogP contribution >= 0.6 is 0 Å². The molecule has 0 atom stereocenters. The van der Waals surface area contributed by atoms with Crippen LogP contribution in [0.15, 0.2) is 0 Å². The number of carboxylic acids is 1. The van der Waals surface area contributed by atoms with Crippen LogP contribution in [0.1, 0.15) is 0 Å². The van der Waals surface area contributed by atoms with Crippen molar-refractivity contribution < 1.29 is 38.7 Å². The molecule has 0 aromatic carbocycles. The summed E-state index contributed by atoms with van der Waals surface area (Å²) in [5.41, 5.74) is 0. The second kappa shape index (κ2) is 4.85. The van der Waals surface area contributed by atoms with Crippen LogP contribution in [0, 0.1) is 0 Å². The van der Waals surface area contributed by atoms with Gasteiger partial charge in [0.25, 0.3) is 0 Å². The molecule has 0 rings (SSSR count). The molecule has 0 amide bonds. The van der Waals surface area contributed by atoms with Crippen molar-refractivity contribution >= 4 is 11.8 Å². The number of Topliss-reactive ketones (excluding diaryl/α,β-unsaturated/α-hetero) is 1. The number of carbonyl (C=O) groups excluding carboxylic acids is 1. The molecule has 1 N–H and O–H groups in total. The Morgan fingerprint density at radius 3 is 1.88 bits per heavy atom. The maximum absolute atomic E-state index is 9.60. The van der Waals surface area contributed by atoms with Crippen LogP contribution in [0.2, 0.25) is 0 Å². The third-order valence-corrected chi connectivity index (χ3v) is 0.370. The second-order valence-corrected chi connectivity index (χ2v) is 0.873. The molecule has 0 heterocycles. The summed E-state index contributed by atoms with van der Waals surface area (Å²) in [6.07, 6.45) is 0. The minimum absolute atomic E-state index is 0. The third-order valence-electron chi connectivity index (χ3n) is 0.370.